The Balaban J connectivity index is 1.24. The maximum absolute atomic E-state index is 13.2. The molecule has 14 heteroatoms. The fourth-order valence-electron chi connectivity index (χ4n) is 5.41. The largest absolute Gasteiger partial charge is 0.452 e. The molecular formula is C23H20ClF3N8O2. The molecule has 1 amide bonds. The van der Waals surface area contributed by atoms with E-state index in [1.165, 1.54) is 18.2 Å². The van der Waals surface area contributed by atoms with Gasteiger partial charge < -0.3 is 20.5 Å². The molecule has 37 heavy (non-hydrogen) atoms. The number of benzene rings is 1. The number of aromatic nitrogens is 5. The summed E-state index contributed by atoms with van der Waals surface area (Å²) in [6.45, 7) is 2.54. The van der Waals surface area contributed by atoms with Crippen LogP contribution in [0.3, 0.4) is 0 Å². The Kier molecular flexibility index (Phi) is 5.30. The van der Waals surface area contributed by atoms with E-state index in [0.29, 0.717) is 29.1 Å². The number of aryl methyl sites for hydroxylation is 1. The number of hydrogen-bond donors (Lipinski definition) is 2. The molecule has 3 atom stereocenters. The summed E-state index contributed by atoms with van der Waals surface area (Å²) in [5.41, 5.74) is 7.47. The van der Waals surface area contributed by atoms with E-state index < -0.39 is 17.9 Å². The number of amides is 1. The van der Waals surface area contributed by atoms with E-state index >= 15 is 0 Å². The Labute approximate surface area is 212 Å². The van der Waals surface area contributed by atoms with Gasteiger partial charge in [-0.25, -0.2) is 4.98 Å². The topological polar surface area (TPSA) is 128 Å². The van der Waals surface area contributed by atoms with E-state index in [0.717, 1.165) is 29.4 Å². The summed E-state index contributed by atoms with van der Waals surface area (Å²) in [5.74, 6) is -0.483. The second-order valence-electron chi connectivity index (χ2n) is 9.27. The molecule has 1 aliphatic heterocycles. The highest BCUT2D eigenvalue weighted by molar-refractivity contribution is 6.34. The van der Waals surface area contributed by atoms with E-state index in [1.807, 2.05) is 13.0 Å². The maximum atomic E-state index is 13.2. The molecule has 2 aliphatic rings. The van der Waals surface area contributed by atoms with E-state index in [-0.39, 0.29) is 34.3 Å². The van der Waals surface area contributed by atoms with Crippen LogP contribution in [0.5, 0.6) is 0 Å². The van der Waals surface area contributed by atoms with Crippen LogP contribution in [0.1, 0.15) is 34.7 Å². The van der Waals surface area contributed by atoms with Gasteiger partial charge in [-0.15, -0.1) is 10.2 Å². The van der Waals surface area contributed by atoms with E-state index in [2.05, 4.69) is 30.6 Å². The van der Waals surface area contributed by atoms with Gasteiger partial charge in [-0.05, 0) is 49.9 Å². The lowest BCUT2D eigenvalue weighted by molar-refractivity contribution is -0.146. The zero-order chi connectivity index (χ0) is 26.1. The van der Waals surface area contributed by atoms with Crippen molar-refractivity contribution in [1.29, 1.82) is 0 Å². The van der Waals surface area contributed by atoms with Crippen LogP contribution in [0.25, 0.3) is 16.7 Å². The van der Waals surface area contributed by atoms with Gasteiger partial charge in [0, 0.05) is 12.2 Å². The van der Waals surface area contributed by atoms with E-state index in [9.17, 15) is 18.0 Å². The van der Waals surface area contributed by atoms with Crippen LogP contribution in [-0.2, 0) is 6.18 Å². The van der Waals surface area contributed by atoms with Crippen LogP contribution >= 0.6 is 11.6 Å². The molecule has 1 aliphatic carbocycles. The van der Waals surface area contributed by atoms with Gasteiger partial charge in [-0.1, -0.05) is 16.8 Å². The predicted octanol–water partition coefficient (Wildman–Crippen LogP) is 3.76. The first-order chi connectivity index (χ1) is 17.6. The number of anilines is 2. The van der Waals surface area contributed by atoms with Crippen molar-refractivity contribution in [2.24, 2.45) is 5.92 Å². The monoisotopic (exact) mass is 532 g/mol. The van der Waals surface area contributed by atoms with Crippen molar-refractivity contribution in [2.45, 2.75) is 38.0 Å². The van der Waals surface area contributed by atoms with Crippen LogP contribution < -0.4 is 16.0 Å². The zero-order valence-corrected chi connectivity index (χ0v) is 20.1. The minimum atomic E-state index is -4.69. The summed E-state index contributed by atoms with van der Waals surface area (Å²) >= 11 is 6.34. The highest BCUT2D eigenvalue weighted by Gasteiger charge is 2.49. The first-order valence-electron chi connectivity index (χ1n) is 11.5. The van der Waals surface area contributed by atoms with Gasteiger partial charge >= 0.3 is 6.18 Å². The predicted molar refractivity (Wildman–Crippen MR) is 127 cm³/mol. The molecule has 1 saturated carbocycles. The van der Waals surface area contributed by atoms with Crippen LogP contribution in [-0.4, -0.2) is 49.4 Å². The number of piperidine rings is 1. The van der Waals surface area contributed by atoms with Gasteiger partial charge in [0.25, 0.3) is 5.91 Å². The summed E-state index contributed by atoms with van der Waals surface area (Å²) in [5, 5.41) is 14.1. The van der Waals surface area contributed by atoms with Crippen molar-refractivity contribution in [3.63, 3.8) is 0 Å². The summed E-state index contributed by atoms with van der Waals surface area (Å²) in [6.07, 6.45) is -1.98. The lowest BCUT2D eigenvalue weighted by Crippen LogP contribution is -2.44. The average Bonchev–Trinajstić information content (AvgIpc) is 3.63. The number of pyridine rings is 1. The number of fused-ring (bicyclic) bond motifs is 3. The molecule has 6 rings (SSSR count). The highest BCUT2D eigenvalue weighted by Crippen LogP contribution is 2.43. The molecule has 3 unspecified atom stereocenters. The van der Waals surface area contributed by atoms with Crippen molar-refractivity contribution in [3.8, 4) is 5.69 Å². The molecule has 192 valence electrons. The van der Waals surface area contributed by atoms with Gasteiger partial charge in [0.05, 0.1) is 33.7 Å². The Bertz CT molecular complexity index is 1530. The smallest absolute Gasteiger partial charge is 0.380 e. The van der Waals surface area contributed by atoms with Gasteiger partial charge in [0.1, 0.15) is 6.33 Å². The third-order valence-corrected chi connectivity index (χ3v) is 7.34. The molecule has 1 saturated heterocycles. The molecule has 4 heterocycles. The fraction of sp³-hybridized carbons (Fsp3) is 0.348. The van der Waals surface area contributed by atoms with Crippen LogP contribution in [0.15, 0.2) is 35.1 Å². The SMILES string of the molecule is Cc1cc2c(N)noc2c(N2CC3CCC2C3NC(=O)c2ccc(-n3cnnc3C(F)(F)F)cc2Cl)n1. The number of halogens is 4. The third-order valence-electron chi connectivity index (χ3n) is 7.03. The lowest BCUT2D eigenvalue weighted by atomic mass is 10.1. The number of nitrogens with zero attached hydrogens (tertiary/aromatic N) is 6. The fourth-order valence-corrected chi connectivity index (χ4v) is 5.67. The summed E-state index contributed by atoms with van der Waals surface area (Å²) in [4.78, 5) is 20.0. The van der Waals surface area contributed by atoms with Crippen molar-refractivity contribution in [2.75, 3.05) is 17.2 Å². The molecule has 2 bridgehead atoms. The Morgan fingerprint density at radius 3 is 2.84 bits per heavy atom. The Morgan fingerprint density at radius 1 is 1.27 bits per heavy atom. The summed E-state index contributed by atoms with van der Waals surface area (Å²) in [7, 11) is 0. The first-order valence-corrected chi connectivity index (χ1v) is 11.9. The van der Waals surface area contributed by atoms with Crippen LogP contribution in [0.4, 0.5) is 24.8 Å². The zero-order valence-electron chi connectivity index (χ0n) is 19.3. The molecule has 0 spiro atoms. The van der Waals surface area contributed by atoms with E-state index in [4.69, 9.17) is 21.9 Å². The molecular weight excluding hydrogens is 513 g/mol. The lowest BCUT2D eigenvalue weighted by Gasteiger charge is -2.28. The molecule has 1 aromatic carbocycles. The van der Waals surface area contributed by atoms with Gasteiger partial charge in [-0.3, -0.25) is 9.36 Å². The van der Waals surface area contributed by atoms with Crippen LogP contribution in [0.2, 0.25) is 5.02 Å². The average molecular weight is 533 g/mol. The number of alkyl halides is 3. The number of carbonyl (C=O) groups excluding carboxylic acids is 1. The molecule has 2 fully saturated rings. The second-order valence-corrected chi connectivity index (χ2v) is 9.68. The van der Waals surface area contributed by atoms with Crippen molar-refractivity contribution in [1.82, 2.24) is 30.2 Å². The highest BCUT2D eigenvalue weighted by atomic mass is 35.5. The van der Waals surface area contributed by atoms with Crippen molar-refractivity contribution >= 4 is 40.1 Å². The number of nitrogens with one attached hydrogen (secondary N) is 1. The quantitative estimate of drug-likeness (QED) is 0.406. The second kappa shape index (κ2) is 8.33. The number of nitrogen functional groups attached to an aromatic ring is 1. The third kappa shape index (κ3) is 3.84. The minimum absolute atomic E-state index is 0.0122. The normalized spacial score (nSPS) is 21.2. The molecule has 10 nitrogen and oxygen atoms in total. The Morgan fingerprint density at radius 2 is 2.08 bits per heavy atom. The number of rotatable bonds is 4. The van der Waals surface area contributed by atoms with E-state index in [1.54, 1.807) is 0 Å². The number of hydrogen-bond acceptors (Lipinski definition) is 8. The van der Waals surface area contributed by atoms with Crippen molar-refractivity contribution < 1.29 is 22.5 Å². The summed E-state index contributed by atoms with van der Waals surface area (Å²) < 4.78 is 45.8. The van der Waals surface area contributed by atoms with Crippen LogP contribution in [0, 0.1) is 12.8 Å². The summed E-state index contributed by atoms with van der Waals surface area (Å²) in [6, 6.07) is 5.67. The number of nitrogens with two attached hydrogens (primary N) is 1. The first kappa shape index (κ1) is 23.5. The van der Waals surface area contributed by atoms with Gasteiger partial charge in [0.2, 0.25) is 11.4 Å². The maximum Gasteiger partial charge on any atom is 0.452 e. The molecule has 3 aromatic heterocycles. The molecule has 0 radical (unpaired) electrons. The van der Waals surface area contributed by atoms with Crippen molar-refractivity contribution in [3.05, 3.63) is 52.7 Å². The number of carbonyl (C=O) groups is 1. The molecule has 3 N–H and O–H groups in total. The minimum Gasteiger partial charge on any atom is -0.380 e. The standard InChI is InChI=1S/C23H20ClF3N8O2/c1-10-6-14-18(37-33-19(14)28)20(30-10)34-8-11-2-5-16(34)17(11)31-21(36)13-4-3-12(7-15(13)24)35-9-29-32-22(35)23(25,26)27/h3-4,6-7,9,11,16-17H,2,5,8H2,1H3,(H2,28,33)(H,31,36). The van der Waals surface area contributed by atoms with Gasteiger partial charge in [-0.2, -0.15) is 13.2 Å². The molecule has 4 aromatic rings. The Hall–Kier alpha value is -3.87. The van der Waals surface area contributed by atoms with Gasteiger partial charge in [0.15, 0.2) is 11.6 Å².